The molecule has 20 heavy (non-hydrogen) atoms. The summed E-state index contributed by atoms with van der Waals surface area (Å²) < 4.78 is 0. The van der Waals surface area contributed by atoms with Gasteiger partial charge in [-0.1, -0.05) is 18.2 Å². The Balaban J connectivity index is 1.82. The fourth-order valence-electron chi connectivity index (χ4n) is 2.69. The van der Waals surface area contributed by atoms with Gasteiger partial charge in [0.25, 0.3) is 0 Å². The lowest BCUT2D eigenvalue weighted by atomic mass is 10.2. The topological polar surface area (TPSA) is 36.4 Å². The molecular weight excluding hydrogens is 250 g/mol. The van der Waals surface area contributed by atoms with E-state index >= 15 is 0 Å². The smallest absolute Gasteiger partial charge is 0.219 e. The molecule has 2 aromatic rings. The minimum absolute atomic E-state index is 0.165. The maximum Gasteiger partial charge on any atom is 0.219 e. The number of fused-ring (bicyclic) bond motifs is 1. The minimum Gasteiger partial charge on any atom is -0.355 e. The van der Waals surface area contributed by atoms with Crippen LogP contribution in [0.25, 0.3) is 10.9 Å². The molecule has 0 aliphatic carbocycles. The van der Waals surface area contributed by atoms with Gasteiger partial charge < -0.3 is 9.80 Å². The third-order valence-electron chi connectivity index (χ3n) is 3.85. The number of hydrogen-bond acceptors (Lipinski definition) is 3. The van der Waals surface area contributed by atoms with Gasteiger partial charge in [-0.25, -0.2) is 4.98 Å². The first-order valence-electron chi connectivity index (χ1n) is 7.10. The van der Waals surface area contributed by atoms with Gasteiger partial charge in [0.15, 0.2) is 0 Å². The molecule has 1 amide bonds. The van der Waals surface area contributed by atoms with Gasteiger partial charge in [-0.05, 0) is 24.6 Å². The van der Waals surface area contributed by atoms with Crippen LogP contribution in [0.2, 0.25) is 0 Å². The molecule has 2 heterocycles. The van der Waals surface area contributed by atoms with E-state index in [0.29, 0.717) is 0 Å². The average molecular weight is 269 g/mol. The first-order valence-corrected chi connectivity index (χ1v) is 7.10. The summed E-state index contributed by atoms with van der Waals surface area (Å²) in [5.41, 5.74) is 1.03. The Hall–Kier alpha value is -2.10. The second kappa shape index (κ2) is 5.49. The van der Waals surface area contributed by atoms with Crippen LogP contribution in [0, 0.1) is 0 Å². The van der Waals surface area contributed by atoms with Crippen LogP contribution in [0.3, 0.4) is 0 Å². The lowest BCUT2D eigenvalue weighted by molar-refractivity contribution is -0.128. The third kappa shape index (κ3) is 2.59. The highest BCUT2D eigenvalue weighted by Crippen LogP contribution is 2.19. The molecular formula is C16H19N3O. The number of carbonyl (C=O) groups is 1. The predicted octanol–water partition coefficient (Wildman–Crippen LogP) is 2.29. The highest BCUT2D eigenvalue weighted by atomic mass is 16.2. The van der Waals surface area contributed by atoms with Crippen LogP contribution in [0.4, 0.5) is 5.82 Å². The standard InChI is InChI=1S/C16H19N3O/c1-13(20)18-9-4-10-19(12-11-18)16-8-7-14-5-2-3-6-15(14)17-16/h2-3,5-8H,4,9-12H2,1H3. The van der Waals surface area contributed by atoms with Crippen molar-refractivity contribution in [2.75, 3.05) is 31.1 Å². The van der Waals surface area contributed by atoms with Crippen molar-refractivity contribution in [2.45, 2.75) is 13.3 Å². The van der Waals surface area contributed by atoms with Crippen LogP contribution in [0.5, 0.6) is 0 Å². The quantitative estimate of drug-likeness (QED) is 0.797. The second-order valence-corrected chi connectivity index (χ2v) is 5.21. The van der Waals surface area contributed by atoms with Crippen molar-refractivity contribution >= 4 is 22.6 Å². The highest BCUT2D eigenvalue weighted by Gasteiger charge is 2.17. The number of anilines is 1. The van der Waals surface area contributed by atoms with Crippen molar-refractivity contribution in [2.24, 2.45) is 0 Å². The number of carbonyl (C=O) groups excluding carboxylic acids is 1. The van der Waals surface area contributed by atoms with Gasteiger partial charge in [0.05, 0.1) is 5.52 Å². The maximum atomic E-state index is 11.5. The summed E-state index contributed by atoms with van der Waals surface area (Å²) >= 11 is 0. The normalized spacial score (nSPS) is 16.2. The Kier molecular flexibility index (Phi) is 3.54. The second-order valence-electron chi connectivity index (χ2n) is 5.21. The van der Waals surface area contributed by atoms with Crippen molar-refractivity contribution in [3.05, 3.63) is 36.4 Å². The van der Waals surface area contributed by atoms with E-state index < -0.39 is 0 Å². The summed E-state index contributed by atoms with van der Waals surface area (Å²) in [6.07, 6.45) is 0.994. The van der Waals surface area contributed by atoms with Crippen molar-refractivity contribution in [1.29, 1.82) is 0 Å². The molecule has 1 aromatic carbocycles. The summed E-state index contributed by atoms with van der Waals surface area (Å²) in [5.74, 6) is 1.17. The average Bonchev–Trinajstić information content (AvgIpc) is 2.73. The zero-order chi connectivity index (χ0) is 13.9. The molecule has 1 aliphatic rings. The lowest BCUT2D eigenvalue weighted by Crippen LogP contribution is -2.33. The summed E-state index contributed by atoms with van der Waals surface area (Å²) in [5, 5.41) is 1.16. The molecule has 4 heteroatoms. The van der Waals surface area contributed by atoms with Gasteiger partial charge in [-0.2, -0.15) is 0 Å². The Morgan fingerprint density at radius 1 is 1.05 bits per heavy atom. The largest absolute Gasteiger partial charge is 0.355 e. The van der Waals surface area contributed by atoms with Crippen LogP contribution < -0.4 is 4.90 Å². The molecule has 0 spiro atoms. The van der Waals surface area contributed by atoms with Crippen LogP contribution in [0.15, 0.2) is 36.4 Å². The Bertz CT molecular complexity index is 626. The van der Waals surface area contributed by atoms with Crippen LogP contribution in [-0.2, 0) is 4.79 Å². The van der Waals surface area contributed by atoms with Crippen LogP contribution >= 0.6 is 0 Å². The summed E-state index contributed by atoms with van der Waals surface area (Å²) in [6.45, 7) is 5.08. The zero-order valence-electron chi connectivity index (χ0n) is 11.7. The predicted molar refractivity (Wildman–Crippen MR) is 80.8 cm³/mol. The molecule has 1 aliphatic heterocycles. The van der Waals surface area contributed by atoms with E-state index in [1.54, 1.807) is 6.92 Å². The summed E-state index contributed by atoms with van der Waals surface area (Å²) in [7, 11) is 0. The molecule has 0 atom stereocenters. The van der Waals surface area contributed by atoms with E-state index in [4.69, 9.17) is 4.98 Å². The van der Waals surface area contributed by atoms with Gasteiger partial charge in [0, 0.05) is 38.5 Å². The number of aromatic nitrogens is 1. The first-order chi connectivity index (χ1) is 9.74. The molecule has 1 aromatic heterocycles. The van der Waals surface area contributed by atoms with E-state index in [2.05, 4.69) is 23.1 Å². The highest BCUT2D eigenvalue weighted by molar-refractivity contribution is 5.80. The number of benzene rings is 1. The van der Waals surface area contributed by atoms with Gasteiger partial charge in [0.2, 0.25) is 5.91 Å². The fraction of sp³-hybridized carbons (Fsp3) is 0.375. The van der Waals surface area contributed by atoms with E-state index in [-0.39, 0.29) is 5.91 Å². The minimum atomic E-state index is 0.165. The Morgan fingerprint density at radius 3 is 2.75 bits per heavy atom. The number of hydrogen-bond donors (Lipinski definition) is 0. The first kappa shape index (κ1) is 12.9. The van der Waals surface area contributed by atoms with Crippen molar-refractivity contribution in [3.8, 4) is 0 Å². The summed E-state index contributed by atoms with van der Waals surface area (Å²) in [6, 6.07) is 12.3. The fourth-order valence-corrected chi connectivity index (χ4v) is 2.69. The molecule has 0 unspecified atom stereocenters. The summed E-state index contributed by atoms with van der Waals surface area (Å²) in [4.78, 5) is 20.4. The molecule has 0 radical (unpaired) electrons. The number of rotatable bonds is 1. The molecule has 104 valence electrons. The van der Waals surface area contributed by atoms with Gasteiger partial charge in [-0.3, -0.25) is 4.79 Å². The van der Waals surface area contributed by atoms with Gasteiger partial charge in [-0.15, -0.1) is 0 Å². The number of para-hydroxylation sites is 1. The van der Waals surface area contributed by atoms with E-state index in [1.807, 2.05) is 23.1 Å². The van der Waals surface area contributed by atoms with Crippen molar-refractivity contribution < 1.29 is 4.79 Å². The molecule has 1 fully saturated rings. The van der Waals surface area contributed by atoms with Gasteiger partial charge >= 0.3 is 0 Å². The molecule has 0 N–H and O–H groups in total. The SMILES string of the molecule is CC(=O)N1CCCN(c2ccc3ccccc3n2)CC1. The van der Waals surface area contributed by atoms with Gasteiger partial charge in [0.1, 0.15) is 5.82 Å². The molecule has 4 nitrogen and oxygen atoms in total. The molecule has 0 saturated carbocycles. The third-order valence-corrected chi connectivity index (χ3v) is 3.85. The lowest BCUT2D eigenvalue weighted by Gasteiger charge is -2.22. The van der Waals surface area contributed by atoms with Crippen molar-refractivity contribution in [1.82, 2.24) is 9.88 Å². The van der Waals surface area contributed by atoms with Crippen LogP contribution in [-0.4, -0.2) is 42.0 Å². The van der Waals surface area contributed by atoms with Crippen molar-refractivity contribution in [3.63, 3.8) is 0 Å². The maximum absolute atomic E-state index is 11.5. The number of nitrogens with zero attached hydrogens (tertiary/aromatic N) is 3. The monoisotopic (exact) mass is 269 g/mol. The Labute approximate surface area is 119 Å². The van der Waals surface area contributed by atoms with E-state index in [9.17, 15) is 4.79 Å². The number of amides is 1. The van der Waals surface area contributed by atoms with E-state index in [1.165, 1.54) is 0 Å². The van der Waals surface area contributed by atoms with E-state index in [0.717, 1.165) is 49.3 Å². The molecule has 0 bridgehead atoms. The Morgan fingerprint density at radius 2 is 1.90 bits per heavy atom. The molecule has 3 rings (SSSR count). The van der Waals surface area contributed by atoms with Crippen LogP contribution in [0.1, 0.15) is 13.3 Å². The molecule has 1 saturated heterocycles. The zero-order valence-corrected chi connectivity index (χ0v) is 11.7. The number of pyridine rings is 1.